The van der Waals surface area contributed by atoms with Crippen LogP contribution in [-0.4, -0.2) is 80.3 Å². The fourth-order valence-corrected chi connectivity index (χ4v) is 7.61. The minimum atomic E-state index is -4.31. The second-order valence-electron chi connectivity index (χ2n) is 9.88. The summed E-state index contributed by atoms with van der Waals surface area (Å²) in [5.41, 5.74) is 6.30. The third kappa shape index (κ3) is 7.36. The molecule has 0 radical (unpaired) electrons. The molecule has 3 aromatic carbocycles. The smallest absolute Gasteiger partial charge is 0.459 e. The highest BCUT2D eigenvalue weighted by atomic mass is 32.2. The van der Waals surface area contributed by atoms with E-state index in [0.29, 0.717) is 5.39 Å². The molecule has 2 heterocycles. The first-order valence-electron chi connectivity index (χ1n) is 13.4. The van der Waals surface area contributed by atoms with Gasteiger partial charge in [0.25, 0.3) is 0 Å². The molecule has 6 N–H and O–H groups in total. The van der Waals surface area contributed by atoms with Gasteiger partial charge in [-0.2, -0.15) is 10.1 Å². The predicted octanol–water partition coefficient (Wildman–Crippen LogP) is 2.16. The molecule has 0 bridgehead atoms. The van der Waals surface area contributed by atoms with Gasteiger partial charge < -0.3 is 35.2 Å². The van der Waals surface area contributed by atoms with Gasteiger partial charge in [0.1, 0.15) is 29.9 Å². The lowest BCUT2D eigenvalue weighted by Crippen LogP contribution is -2.48. The zero-order valence-corrected chi connectivity index (χ0v) is 24.8. The number of carbonyl (C=O) groups is 1. The van der Waals surface area contributed by atoms with Crippen LogP contribution in [0.5, 0.6) is 5.75 Å². The van der Waals surface area contributed by atoms with Gasteiger partial charge in [0.2, 0.25) is 12.3 Å². The third-order valence-corrected chi connectivity index (χ3v) is 9.97. The van der Waals surface area contributed by atoms with Gasteiger partial charge in [-0.1, -0.05) is 66.7 Å². The molecule has 3 unspecified atom stereocenters. The molecule has 13 nitrogen and oxygen atoms in total. The van der Waals surface area contributed by atoms with Crippen LogP contribution in [0.2, 0.25) is 0 Å². The van der Waals surface area contributed by atoms with Crippen molar-refractivity contribution in [3.63, 3.8) is 0 Å². The van der Waals surface area contributed by atoms with Crippen LogP contribution in [0.1, 0.15) is 12.5 Å². The Balaban J connectivity index is 1.32. The Hall–Kier alpha value is -3.49. The van der Waals surface area contributed by atoms with E-state index in [-0.39, 0.29) is 24.9 Å². The van der Waals surface area contributed by atoms with Crippen molar-refractivity contribution in [2.75, 3.05) is 6.61 Å². The van der Waals surface area contributed by atoms with Gasteiger partial charge in [-0.25, -0.2) is 9.56 Å². The Kier molecular flexibility index (Phi) is 9.67. The zero-order valence-electron chi connectivity index (χ0n) is 23.0. The highest BCUT2D eigenvalue weighted by molar-refractivity contribution is 8.00. The quantitative estimate of drug-likeness (QED) is 0.154. The fraction of sp³-hybridized carbons (Fsp3) is 0.321. The molecule has 0 spiro atoms. The summed E-state index contributed by atoms with van der Waals surface area (Å²) in [6.45, 7) is 1.14. The standard InChI is InChI=1S/C28H32N5O8PS/c1-17(26(36)39-14-18-8-3-2-4-9-18)32-42(38,41-21-13-7-11-19-10-5-6-12-20(19)21)40-15-22-23(34)24(35)25(43-22)33-16-30-27(29)31-28(33)37/h2-13,16-17,22-25,28,34-35,37H,14-15H2,1H3,(H2,29,31)(H,32,38)/t17-,22+,23-,24?,25+,28?,42?/m0/s1. The lowest BCUT2D eigenvalue weighted by atomic mass is 10.1. The average molecular weight is 630 g/mol. The second-order valence-corrected chi connectivity index (χ2v) is 12.9. The third-order valence-electron chi connectivity index (χ3n) is 6.77. The van der Waals surface area contributed by atoms with Crippen molar-refractivity contribution in [3.05, 3.63) is 78.4 Å². The molecular formula is C28H32N5O8PS. The largest absolute Gasteiger partial charge is 0.460 e. The molecule has 0 aromatic heterocycles. The summed E-state index contributed by atoms with van der Waals surface area (Å²) in [4.78, 5) is 21.7. The van der Waals surface area contributed by atoms with Gasteiger partial charge in [0.05, 0.1) is 24.3 Å². The summed E-state index contributed by atoms with van der Waals surface area (Å²) in [5.74, 6) is -0.562. The number of ether oxygens (including phenoxy) is 1. The van der Waals surface area contributed by atoms with Gasteiger partial charge in [-0.15, -0.1) is 11.8 Å². The van der Waals surface area contributed by atoms with Gasteiger partial charge >= 0.3 is 13.7 Å². The molecule has 2 aliphatic rings. The molecule has 5 rings (SSSR count). The average Bonchev–Trinajstić information content (AvgIpc) is 3.28. The van der Waals surface area contributed by atoms with Crippen LogP contribution in [-0.2, 0) is 25.2 Å². The van der Waals surface area contributed by atoms with E-state index in [2.05, 4.69) is 15.1 Å². The second kappa shape index (κ2) is 13.4. The van der Waals surface area contributed by atoms with E-state index in [9.17, 15) is 24.7 Å². The summed E-state index contributed by atoms with van der Waals surface area (Å²) in [5, 5.41) is 34.3. The van der Waals surface area contributed by atoms with Crippen LogP contribution in [0.4, 0.5) is 0 Å². The Morgan fingerprint density at radius 1 is 1.07 bits per heavy atom. The number of guanidine groups is 1. The van der Waals surface area contributed by atoms with Crippen molar-refractivity contribution in [3.8, 4) is 5.75 Å². The number of aliphatic hydroxyl groups is 3. The number of hydrogen-bond acceptors (Lipinski definition) is 13. The summed E-state index contributed by atoms with van der Waals surface area (Å²) in [7, 11) is -4.31. The van der Waals surface area contributed by atoms with E-state index in [4.69, 9.17) is 19.5 Å². The molecule has 2 aliphatic heterocycles. The van der Waals surface area contributed by atoms with Crippen LogP contribution >= 0.6 is 19.5 Å². The molecule has 3 aromatic rings. The fourth-order valence-electron chi connectivity index (χ4n) is 4.52. The van der Waals surface area contributed by atoms with Crippen molar-refractivity contribution in [2.24, 2.45) is 15.7 Å². The van der Waals surface area contributed by atoms with E-state index in [1.54, 1.807) is 24.3 Å². The molecule has 0 aliphatic carbocycles. The van der Waals surface area contributed by atoms with E-state index in [1.807, 2.05) is 48.5 Å². The minimum Gasteiger partial charge on any atom is -0.460 e. The van der Waals surface area contributed by atoms with Gasteiger partial charge in [0.15, 0.2) is 0 Å². The summed E-state index contributed by atoms with van der Waals surface area (Å²) in [6.07, 6.45) is -2.87. The SMILES string of the molecule is C[C@H](NP(=O)(OC[C@H]1S[C@@H](N2C=NC(N)=NC2O)C(O)[C@H]1O)Oc1cccc2ccccc12)C(=O)OCc1ccccc1. The molecular weight excluding hydrogens is 597 g/mol. The van der Waals surface area contributed by atoms with E-state index >= 15 is 0 Å². The van der Waals surface area contributed by atoms with Crippen LogP contribution in [0.15, 0.2) is 82.8 Å². The normalized spacial score (nSPS) is 25.6. The van der Waals surface area contributed by atoms with E-state index in [1.165, 1.54) is 18.2 Å². The molecule has 7 atom stereocenters. The number of carbonyl (C=O) groups excluding carboxylic acids is 1. The van der Waals surface area contributed by atoms with Gasteiger partial charge in [-0.05, 0) is 23.9 Å². The maximum Gasteiger partial charge on any atom is 0.459 e. The highest BCUT2D eigenvalue weighted by Crippen LogP contribution is 2.48. The zero-order chi connectivity index (χ0) is 30.6. The highest BCUT2D eigenvalue weighted by Gasteiger charge is 2.47. The maximum atomic E-state index is 14.2. The van der Waals surface area contributed by atoms with Crippen LogP contribution in [0.3, 0.4) is 0 Å². The number of rotatable bonds is 11. The van der Waals surface area contributed by atoms with Crippen molar-refractivity contribution >= 4 is 48.5 Å². The molecule has 15 heteroatoms. The van der Waals surface area contributed by atoms with Crippen molar-refractivity contribution in [2.45, 2.75) is 48.8 Å². The number of hydrogen-bond donors (Lipinski definition) is 5. The molecule has 0 saturated carbocycles. The van der Waals surface area contributed by atoms with Crippen LogP contribution < -0.4 is 15.3 Å². The van der Waals surface area contributed by atoms with Gasteiger partial charge in [0, 0.05) is 5.39 Å². The minimum absolute atomic E-state index is 0.0204. The number of fused-ring (bicyclic) bond motifs is 1. The molecule has 0 amide bonds. The lowest BCUT2D eigenvalue weighted by Gasteiger charge is -2.32. The number of benzene rings is 3. The van der Waals surface area contributed by atoms with Crippen LogP contribution in [0.25, 0.3) is 10.8 Å². The Labute approximate surface area is 252 Å². The first kappa shape index (κ1) is 31.0. The number of nitrogens with one attached hydrogen (secondary N) is 1. The topological polar surface area (TPSA) is 189 Å². The maximum absolute atomic E-state index is 14.2. The van der Waals surface area contributed by atoms with Crippen molar-refractivity contribution in [1.29, 1.82) is 0 Å². The number of nitrogens with zero attached hydrogens (tertiary/aromatic N) is 3. The number of nitrogens with two attached hydrogens (primary N) is 1. The summed E-state index contributed by atoms with van der Waals surface area (Å²) in [6, 6.07) is 20.6. The Morgan fingerprint density at radius 2 is 1.79 bits per heavy atom. The molecule has 43 heavy (non-hydrogen) atoms. The molecule has 1 saturated heterocycles. The van der Waals surface area contributed by atoms with E-state index < -0.39 is 48.9 Å². The Morgan fingerprint density at radius 3 is 2.56 bits per heavy atom. The number of thioether (sulfide) groups is 1. The van der Waals surface area contributed by atoms with Crippen LogP contribution in [0, 0.1) is 0 Å². The van der Waals surface area contributed by atoms with E-state index in [0.717, 1.165) is 22.7 Å². The summed E-state index contributed by atoms with van der Waals surface area (Å²) < 4.78 is 31.4. The first-order valence-corrected chi connectivity index (χ1v) is 15.9. The lowest BCUT2D eigenvalue weighted by molar-refractivity contribution is -0.146. The monoisotopic (exact) mass is 629 g/mol. The number of esters is 1. The molecule has 228 valence electrons. The number of aliphatic hydroxyl groups excluding tert-OH is 3. The number of aliphatic imine (C=N–C) groups is 2. The predicted molar refractivity (Wildman–Crippen MR) is 162 cm³/mol. The summed E-state index contributed by atoms with van der Waals surface area (Å²) >= 11 is 1.06. The Bertz CT molecular complexity index is 1540. The van der Waals surface area contributed by atoms with Gasteiger partial charge in [-0.3, -0.25) is 9.32 Å². The molecule has 1 fully saturated rings. The first-order chi connectivity index (χ1) is 20.6. The van der Waals surface area contributed by atoms with Crippen molar-refractivity contribution in [1.82, 2.24) is 9.99 Å². The van der Waals surface area contributed by atoms with Crippen molar-refractivity contribution < 1.29 is 38.5 Å².